The molecule has 0 bridgehead atoms. The van der Waals surface area contributed by atoms with Crippen molar-refractivity contribution in [2.45, 2.75) is 31.0 Å². The molecule has 1 saturated carbocycles. The summed E-state index contributed by atoms with van der Waals surface area (Å²) in [6.45, 7) is 0.560. The number of alkyl halides is 3. The average molecular weight is 308 g/mol. The molecule has 112 valence electrons. The van der Waals surface area contributed by atoms with Crippen LogP contribution in [0.25, 0.3) is 0 Å². The average Bonchev–Trinajstić information content (AvgIpc) is 2.25. The minimum Gasteiger partial charge on any atom is -0.368 e. The molecule has 1 N–H and O–H groups in total. The summed E-state index contributed by atoms with van der Waals surface area (Å²) in [5.41, 5.74) is -0.782. The van der Waals surface area contributed by atoms with Gasteiger partial charge in [-0.2, -0.15) is 13.2 Å². The van der Waals surface area contributed by atoms with Crippen LogP contribution < -0.4 is 5.32 Å². The minimum atomic E-state index is -4.42. The molecule has 3 nitrogen and oxygen atoms in total. The van der Waals surface area contributed by atoms with E-state index in [9.17, 15) is 13.2 Å². The summed E-state index contributed by atoms with van der Waals surface area (Å²) in [7, 11) is 3.96. The van der Waals surface area contributed by atoms with Crippen LogP contribution in [-0.2, 0) is 6.18 Å². The SMILES string of the molecule is CN(C)C1(CNc2cc(C(F)(F)F)cc(Cl)n2)CCC1. The van der Waals surface area contributed by atoms with E-state index >= 15 is 0 Å². The molecule has 0 amide bonds. The fourth-order valence-electron chi connectivity index (χ4n) is 2.37. The number of hydrogen-bond acceptors (Lipinski definition) is 3. The van der Waals surface area contributed by atoms with Crippen LogP contribution in [0.4, 0.5) is 19.0 Å². The van der Waals surface area contributed by atoms with E-state index in [4.69, 9.17) is 11.6 Å². The van der Waals surface area contributed by atoms with Gasteiger partial charge in [0.2, 0.25) is 0 Å². The van der Waals surface area contributed by atoms with Gasteiger partial charge < -0.3 is 10.2 Å². The van der Waals surface area contributed by atoms with Crippen molar-refractivity contribution in [3.05, 3.63) is 22.8 Å². The van der Waals surface area contributed by atoms with Gasteiger partial charge in [0, 0.05) is 12.1 Å². The highest BCUT2D eigenvalue weighted by Gasteiger charge is 2.39. The summed E-state index contributed by atoms with van der Waals surface area (Å²) in [5, 5.41) is 2.83. The van der Waals surface area contributed by atoms with Gasteiger partial charge in [-0.05, 0) is 45.5 Å². The zero-order chi connectivity index (χ0) is 15.0. The molecule has 1 fully saturated rings. The first-order chi connectivity index (χ1) is 9.23. The summed E-state index contributed by atoms with van der Waals surface area (Å²) < 4.78 is 38.1. The van der Waals surface area contributed by atoms with Crippen molar-refractivity contribution in [3.8, 4) is 0 Å². The highest BCUT2D eigenvalue weighted by atomic mass is 35.5. The highest BCUT2D eigenvalue weighted by Crippen LogP contribution is 2.37. The lowest BCUT2D eigenvalue weighted by Crippen LogP contribution is -2.54. The van der Waals surface area contributed by atoms with Crippen LogP contribution in [0.15, 0.2) is 12.1 Å². The number of nitrogens with one attached hydrogen (secondary N) is 1. The van der Waals surface area contributed by atoms with E-state index in [1.54, 1.807) is 0 Å². The maximum atomic E-state index is 12.7. The number of likely N-dealkylation sites (N-methyl/N-ethyl adjacent to an activating group) is 1. The molecule has 20 heavy (non-hydrogen) atoms. The first-order valence-corrected chi connectivity index (χ1v) is 6.77. The third-order valence-corrected chi connectivity index (χ3v) is 4.15. The van der Waals surface area contributed by atoms with E-state index in [0.29, 0.717) is 6.54 Å². The molecule has 0 aromatic carbocycles. The first-order valence-electron chi connectivity index (χ1n) is 6.39. The number of hydrogen-bond donors (Lipinski definition) is 1. The fourth-order valence-corrected chi connectivity index (χ4v) is 2.58. The topological polar surface area (TPSA) is 28.2 Å². The molecule has 7 heteroatoms. The van der Waals surface area contributed by atoms with Crippen LogP contribution in [0.2, 0.25) is 5.15 Å². The Hall–Kier alpha value is -1.01. The molecule has 0 aliphatic heterocycles. The lowest BCUT2D eigenvalue weighted by molar-refractivity contribution is -0.137. The van der Waals surface area contributed by atoms with E-state index in [2.05, 4.69) is 15.2 Å². The Kier molecular flexibility index (Phi) is 4.16. The van der Waals surface area contributed by atoms with Crippen molar-refractivity contribution in [1.29, 1.82) is 0 Å². The van der Waals surface area contributed by atoms with Crippen LogP contribution in [0, 0.1) is 0 Å². The van der Waals surface area contributed by atoms with Gasteiger partial charge in [0.25, 0.3) is 0 Å². The van der Waals surface area contributed by atoms with Crippen LogP contribution in [0.3, 0.4) is 0 Å². The van der Waals surface area contributed by atoms with Crippen LogP contribution >= 0.6 is 11.6 Å². The molecule has 2 rings (SSSR count). The molecule has 1 aliphatic rings. The second kappa shape index (κ2) is 5.41. The van der Waals surface area contributed by atoms with Crippen molar-refractivity contribution in [1.82, 2.24) is 9.88 Å². The summed E-state index contributed by atoms with van der Waals surface area (Å²) >= 11 is 5.65. The molecule has 1 aromatic heterocycles. The number of anilines is 1. The first kappa shape index (κ1) is 15.4. The number of pyridine rings is 1. The Labute approximate surface area is 121 Å². The predicted molar refractivity (Wildman–Crippen MR) is 73.0 cm³/mol. The smallest absolute Gasteiger partial charge is 0.368 e. The largest absolute Gasteiger partial charge is 0.416 e. The van der Waals surface area contributed by atoms with E-state index in [1.807, 2.05) is 14.1 Å². The van der Waals surface area contributed by atoms with Gasteiger partial charge in [-0.15, -0.1) is 0 Å². The van der Waals surface area contributed by atoms with Crippen LogP contribution in [0.5, 0.6) is 0 Å². The molecule has 1 aromatic rings. The van der Waals surface area contributed by atoms with E-state index in [-0.39, 0.29) is 16.5 Å². The van der Waals surface area contributed by atoms with Gasteiger partial charge in [-0.1, -0.05) is 11.6 Å². The van der Waals surface area contributed by atoms with E-state index in [0.717, 1.165) is 31.4 Å². The van der Waals surface area contributed by atoms with Crippen molar-refractivity contribution < 1.29 is 13.2 Å². The van der Waals surface area contributed by atoms with Gasteiger partial charge in [-0.3, -0.25) is 0 Å². The lowest BCUT2D eigenvalue weighted by atomic mass is 9.75. The Balaban J connectivity index is 2.12. The predicted octanol–water partition coefficient (Wildman–Crippen LogP) is 3.65. The molecule has 0 radical (unpaired) electrons. The van der Waals surface area contributed by atoms with E-state index < -0.39 is 11.7 Å². The van der Waals surface area contributed by atoms with Crippen molar-refractivity contribution in [2.24, 2.45) is 0 Å². The summed E-state index contributed by atoms with van der Waals surface area (Å²) in [6.07, 6.45) is -1.23. The number of nitrogens with zero attached hydrogens (tertiary/aromatic N) is 2. The Morgan fingerprint density at radius 1 is 1.35 bits per heavy atom. The molecular formula is C13H17ClF3N3. The van der Waals surface area contributed by atoms with Gasteiger partial charge in [0.1, 0.15) is 11.0 Å². The summed E-state index contributed by atoms with van der Waals surface area (Å²) in [4.78, 5) is 6.01. The zero-order valence-corrected chi connectivity index (χ0v) is 12.1. The van der Waals surface area contributed by atoms with Crippen molar-refractivity contribution >= 4 is 17.4 Å². The maximum Gasteiger partial charge on any atom is 0.416 e. The lowest BCUT2D eigenvalue weighted by Gasteiger charge is -2.47. The van der Waals surface area contributed by atoms with Gasteiger partial charge >= 0.3 is 6.18 Å². The fraction of sp³-hybridized carbons (Fsp3) is 0.615. The Morgan fingerprint density at radius 3 is 2.45 bits per heavy atom. The Morgan fingerprint density at radius 2 is 2.00 bits per heavy atom. The molecule has 1 aliphatic carbocycles. The van der Waals surface area contributed by atoms with Gasteiger partial charge in [0.05, 0.1) is 5.56 Å². The molecule has 0 saturated heterocycles. The van der Waals surface area contributed by atoms with Crippen LogP contribution in [0.1, 0.15) is 24.8 Å². The number of rotatable bonds is 4. The highest BCUT2D eigenvalue weighted by molar-refractivity contribution is 6.29. The molecule has 0 unspecified atom stereocenters. The third kappa shape index (κ3) is 3.17. The summed E-state index contributed by atoms with van der Waals surface area (Å²) in [5.74, 6) is 0.165. The normalized spacial score (nSPS) is 17.9. The quantitative estimate of drug-likeness (QED) is 0.861. The standard InChI is InChI=1S/C13H17ClF3N3/c1-20(2)12(4-3-5-12)8-18-11-7-9(13(15,16)17)6-10(14)19-11/h6-7H,3-5,8H2,1-2H3,(H,18,19). The number of halogens is 4. The van der Waals surface area contributed by atoms with Gasteiger partial charge in [-0.25, -0.2) is 4.98 Å². The molecule has 0 atom stereocenters. The second-order valence-electron chi connectivity index (χ2n) is 5.39. The van der Waals surface area contributed by atoms with Gasteiger partial charge in [0.15, 0.2) is 0 Å². The summed E-state index contributed by atoms with van der Waals surface area (Å²) in [6, 6.07) is 1.83. The van der Waals surface area contributed by atoms with Crippen molar-refractivity contribution in [2.75, 3.05) is 26.0 Å². The maximum absolute atomic E-state index is 12.7. The molecular weight excluding hydrogens is 291 g/mol. The molecule has 0 spiro atoms. The van der Waals surface area contributed by atoms with Crippen LogP contribution in [-0.4, -0.2) is 36.1 Å². The third-order valence-electron chi connectivity index (χ3n) is 3.95. The zero-order valence-electron chi connectivity index (χ0n) is 11.4. The van der Waals surface area contributed by atoms with E-state index in [1.165, 1.54) is 0 Å². The monoisotopic (exact) mass is 307 g/mol. The minimum absolute atomic E-state index is 0.00237. The molecule has 1 heterocycles. The second-order valence-corrected chi connectivity index (χ2v) is 5.77. The van der Waals surface area contributed by atoms with Crippen molar-refractivity contribution in [3.63, 3.8) is 0 Å². The number of aromatic nitrogens is 1. The Bertz CT molecular complexity index is 484.